The number of nitrogens with zero attached hydrogens (tertiary/aromatic N) is 2. The SMILES string of the molecule is CCCCCCCOc1ccc(-c2cnc(-c3ccc(CC(N)C(=O)OCCCC)cc3)nc2)cc1. The lowest BCUT2D eigenvalue weighted by atomic mass is 10.0. The van der Waals surface area contributed by atoms with Gasteiger partial charge in [-0.05, 0) is 42.5 Å². The van der Waals surface area contributed by atoms with Gasteiger partial charge in [-0.25, -0.2) is 9.97 Å². The molecular formula is C30H39N3O3. The van der Waals surface area contributed by atoms with Crippen LogP contribution in [0.1, 0.15) is 64.4 Å². The molecule has 0 saturated heterocycles. The molecule has 0 aliphatic heterocycles. The average molecular weight is 490 g/mol. The second-order valence-corrected chi connectivity index (χ2v) is 9.11. The maximum atomic E-state index is 12.0. The smallest absolute Gasteiger partial charge is 0.323 e. The van der Waals surface area contributed by atoms with Gasteiger partial charge in [0.05, 0.1) is 13.2 Å². The highest BCUT2D eigenvalue weighted by Gasteiger charge is 2.15. The summed E-state index contributed by atoms with van der Waals surface area (Å²) >= 11 is 0. The Bertz CT molecular complexity index is 1030. The van der Waals surface area contributed by atoms with E-state index in [1.807, 2.05) is 60.9 Å². The molecule has 1 heterocycles. The first kappa shape index (κ1) is 27.3. The van der Waals surface area contributed by atoms with E-state index in [4.69, 9.17) is 15.2 Å². The molecular weight excluding hydrogens is 450 g/mol. The predicted octanol–water partition coefficient (Wildman–Crippen LogP) is 6.37. The lowest BCUT2D eigenvalue weighted by Gasteiger charge is -2.12. The molecule has 0 fully saturated rings. The number of carbonyl (C=O) groups excluding carboxylic acids is 1. The summed E-state index contributed by atoms with van der Waals surface area (Å²) in [5, 5.41) is 0. The van der Waals surface area contributed by atoms with Crippen LogP contribution in [0.3, 0.4) is 0 Å². The normalized spacial score (nSPS) is 11.8. The van der Waals surface area contributed by atoms with Crippen molar-refractivity contribution in [1.82, 2.24) is 9.97 Å². The standard InChI is InChI=1S/C30H39N3O3/c1-3-5-7-8-9-19-35-27-16-14-24(15-17-27)26-21-32-29(33-22-26)25-12-10-23(11-13-25)20-28(31)30(34)36-18-6-4-2/h10-17,21-22,28H,3-9,18-20,31H2,1-2H3. The first-order valence-electron chi connectivity index (χ1n) is 13.2. The van der Waals surface area contributed by atoms with Gasteiger partial charge < -0.3 is 15.2 Å². The Hall–Kier alpha value is -3.25. The summed E-state index contributed by atoms with van der Waals surface area (Å²) in [4.78, 5) is 21.1. The van der Waals surface area contributed by atoms with Gasteiger partial charge in [0.1, 0.15) is 11.8 Å². The van der Waals surface area contributed by atoms with E-state index < -0.39 is 6.04 Å². The highest BCUT2D eigenvalue weighted by Crippen LogP contribution is 2.23. The first-order valence-corrected chi connectivity index (χ1v) is 13.2. The third-order valence-corrected chi connectivity index (χ3v) is 6.07. The third-order valence-electron chi connectivity index (χ3n) is 6.07. The fourth-order valence-electron chi connectivity index (χ4n) is 3.82. The Kier molecular flexibility index (Phi) is 11.4. The van der Waals surface area contributed by atoms with Crippen LogP contribution in [-0.2, 0) is 16.0 Å². The topological polar surface area (TPSA) is 87.3 Å². The van der Waals surface area contributed by atoms with Crippen LogP contribution in [0.4, 0.5) is 0 Å². The highest BCUT2D eigenvalue weighted by atomic mass is 16.5. The van der Waals surface area contributed by atoms with Crippen molar-refractivity contribution in [2.24, 2.45) is 5.73 Å². The van der Waals surface area contributed by atoms with Crippen molar-refractivity contribution in [2.75, 3.05) is 13.2 Å². The monoisotopic (exact) mass is 489 g/mol. The van der Waals surface area contributed by atoms with Gasteiger partial charge in [-0.1, -0.05) is 82.3 Å². The Labute approximate surface area is 215 Å². The van der Waals surface area contributed by atoms with Gasteiger partial charge in [-0.15, -0.1) is 0 Å². The molecule has 0 amide bonds. The Morgan fingerprint density at radius 3 is 2.08 bits per heavy atom. The molecule has 192 valence electrons. The van der Waals surface area contributed by atoms with Gasteiger partial charge in [0.25, 0.3) is 0 Å². The lowest BCUT2D eigenvalue weighted by molar-refractivity contribution is -0.145. The summed E-state index contributed by atoms with van der Waals surface area (Å²) < 4.78 is 11.1. The molecule has 0 saturated carbocycles. The molecule has 1 unspecified atom stereocenters. The van der Waals surface area contributed by atoms with Gasteiger partial charge in [0.2, 0.25) is 0 Å². The number of aromatic nitrogens is 2. The van der Waals surface area contributed by atoms with E-state index in [1.54, 1.807) is 0 Å². The molecule has 0 aliphatic carbocycles. The van der Waals surface area contributed by atoms with Crippen molar-refractivity contribution in [3.05, 3.63) is 66.5 Å². The van der Waals surface area contributed by atoms with E-state index in [-0.39, 0.29) is 5.97 Å². The summed E-state index contributed by atoms with van der Waals surface area (Å²) in [5.41, 5.74) is 9.88. The number of unbranched alkanes of at least 4 members (excludes halogenated alkanes) is 5. The van der Waals surface area contributed by atoms with Crippen molar-refractivity contribution in [3.63, 3.8) is 0 Å². The number of ether oxygens (including phenoxy) is 2. The zero-order chi connectivity index (χ0) is 25.6. The van der Waals surface area contributed by atoms with E-state index in [9.17, 15) is 4.79 Å². The highest BCUT2D eigenvalue weighted by molar-refractivity contribution is 5.76. The molecule has 2 aromatic carbocycles. The van der Waals surface area contributed by atoms with Gasteiger partial charge in [0.15, 0.2) is 5.82 Å². The predicted molar refractivity (Wildman–Crippen MR) is 145 cm³/mol. The number of carbonyl (C=O) groups is 1. The molecule has 0 aliphatic rings. The van der Waals surface area contributed by atoms with E-state index in [2.05, 4.69) is 23.8 Å². The number of nitrogens with two attached hydrogens (primary N) is 1. The minimum absolute atomic E-state index is 0.353. The molecule has 0 bridgehead atoms. The zero-order valence-corrected chi connectivity index (χ0v) is 21.6. The fourth-order valence-corrected chi connectivity index (χ4v) is 3.82. The third kappa shape index (κ3) is 8.76. The average Bonchev–Trinajstić information content (AvgIpc) is 2.91. The number of rotatable bonds is 15. The van der Waals surface area contributed by atoms with E-state index >= 15 is 0 Å². The summed E-state index contributed by atoms with van der Waals surface area (Å²) in [6.07, 6.45) is 12.1. The number of hydrogen-bond acceptors (Lipinski definition) is 6. The molecule has 1 aromatic heterocycles. The molecule has 36 heavy (non-hydrogen) atoms. The van der Waals surface area contributed by atoms with Crippen molar-refractivity contribution >= 4 is 5.97 Å². The first-order chi connectivity index (χ1) is 17.6. The number of esters is 1. The molecule has 2 N–H and O–H groups in total. The largest absolute Gasteiger partial charge is 0.494 e. The van der Waals surface area contributed by atoms with E-state index in [1.165, 1.54) is 25.7 Å². The van der Waals surface area contributed by atoms with Crippen LogP contribution >= 0.6 is 0 Å². The second-order valence-electron chi connectivity index (χ2n) is 9.11. The van der Waals surface area contributed by atoms with Crippen molar-refractivity contribution < 1.29 is 14.3 Å². The summed E-state index contributed by atoms with van der Waals surface area (Å²) in [6, 6.07) is 15.2. The second kappa shape index (κ2) is 15.0. The molecule has 6 nitrogen and oxygen atoms in total. The lowest BCUT2D eigenvalue weighted by Crippen LogP contribution is -2.34. The number of hydrogen-bond donors (Lipinski definition) is 1. The fraction of sp³-hybridized carbons (Fsp3) is 0.433. The minimum atomic E-state index is -0.661. The number of benzene rings is 2. The quantitative estimate of drug-likeness (QED) is 0.197. The molecule has 3 aromatic rings. The molecule has 1 atom stereocenters. The van der Waals surface area contributed by atoms with E-state index in [0.29, 0.717) is 18.9 Å². The summed E-state index contributed by atoms with van der Waals surface area (Å²) in [7, 11) is 0. The van der Waals surface area contributed by atoms with Crippen LogP contribution in [0.2, 0.25) is 0 Å². The Balaban J connectivity index is 1.51. The summed E-state index contributed by atoms with van der Waals surface area (Å²) in [5.74, 6) is 1.19. The minimum Gasteiger partial charge on any atom is -0.494 e. The van der Waals surface area contributed by atoms with Crippen molar-refractivity contribution in [2.45, 2.75) is 71.3 Å². The van der Waals surface area contributed by atoms with Crippen molar-refractivity contribution in [1.29, 1.82) is 0 Å². The zero-order valence-electron chi connectivity index (χ0n) is 21.6. The van der Waals surface area contributed by atoms with Crippen LogP contribution in [-0.4, -0.2) is 35.2 Å². The van der Waals surface area contributed by atoms with Crippen LogP contribution in [0.25, 0.3) is 22.5 Å². The van der Waals surface area contributed by atoms with Crippen LogP contribution in [0.15, 0.2) is 60.9 Å². The molecule has 0 spiro atoms. The van der Waals surface area contributed by atoms with Crippen molar-refractivity contribution in [3.8, 4) is 28.3 Å². The maximum absolute atomic E-state index is 12.0. The molecule has 0 radical (unpaired) electrons. The molecule has 3 rings (SSSR count). The summed E-state index contributed by atoms with van der Waals surface area (Å²) in [6.45, 7) is 5.46. The van der Waals surface area contributed by atoms with Gasteiger partial charge >= 0.3 is 5.97 Å². The van der Waals surface area contributed by atoms with Crippen LogP contribution in [0.5, 0.6) is 5.75 Å². The molecule has 6 heteroatoms. The van der Waals surface area contributed by atoms with Crippen LogP contribution < -0.4 is 10.5 Å². The van der Waals surface area contributed by atoms with Crippen LogP contribution in [0, 0.1) is 0 Å². The van der Waals surface area contributed by atoms with Gasteiger partial charge in [-0.2, -0.15) is 0 Å². The van der Waals surface area contributed by atoms with Gasteiger partial charge in [-0.3, -0.25) is 4.79 Å². The maximum Gasteiger partial charge on any atom is 0.323 e. The van der Waals surface area contributed by atoms with E-state index in [0.717, 1.165) is 53.9 Å². The van der Waals surface area contributed by atoms with Gasteiger partial charge in [0, 0.05) is 23.5 Å². The Morgan fingerprint density at radius 2 is 1.42 bits per heavy atom. The Morgan fingerprint density at radius 1 is 0.778 bits per heavy atom.